The molecule has 2 N–H and O–H groups in total. The lowest BCUT2D eigenvalue weighted by atomic mass is 9.95. The van der Waals surface area contributed by atoms with E-state index in [0.29, 0.717) is 0 Å². The van der Waals surface area contributed by atoms with Crippen LogP contribution in [0.5, 0.6) is 17.2 Å². The standard InChI is InChI=1S/C17H21NO3/c1-11-9-12(19-2)5-7-14(11)17(18)15-8-6-13(20-3)10-16(15)21-4/h5-10,17H,18H2,1-4H3. The van der Waals surface area contributed by atoms with Gasteiger partial charge in [0.15, 0.2) is 0 Å². The van der Waals surface area contributed by atoms with Gasteiger partial charge in [0.2, 0.25) is 0 Å². The smallest absolute Gasteiger partial charge is 0.127 e. The van der Waals surface area contributed by atoms with Crippen molar-refractivity contribution in [3.05, 3.63) is 53.1 Å². The highest BCUT2D eigenvalue weighted by Gasteiger charge is 2.17. The van der Waals surface area contributed by atoms with Crippen LogP contribution in [0.2, 0.25) is 0 Å². The molecule has 21 heavy (non-hydrogen) atoms. The Kier molecular flexibility index (Phi) is 4.70. The molecular formula is C17H21NO3. The van der Waals surface area contributed by atoms with E-state index in [-0.39, 0.29) is 6.04 Å². The molecular weight excluding hydrogens is 266 g/mol. The third-order valence-electron chi connectivity index (χ3n) is 3.59. The third-order valence-corrected chi connectivity index (χ3v) is 3.59. The van der Waals surface area contributed by atoms with Gasteiger partial charge in [0.1, 0.15) is 17.2 Å². The highest BCUT2D eigenvalue weighted by Crippen LogP contribution is 2.33. The minimum Gasteiger partial charge on any atom is -0.497 e. The molecule has 2 rings (SSSR count). The maximum atomic E-state index is 6.41. The van der Waals surface area contributed by atoms with Gasteiger partial charge in [0.25, 0.3) is 0 Å². The van der Waals surface area contributed by atoms with Gasteiger partial charge < -0.3 is 19.9 Å². The second-order valence-electron chi connectivity index (χ2n) is 4.81. The molecule has 2 aromatic rings. The van der Waals surface area contributed by atoms with Crippen molar-refractivity contribution in [1.82, 2.24) is 0 Å². The highest BCUT2D eigenvalue weighted by molar-refractivity contribution is 5.48. The van der Waals surface area contributed by atoms with Gasteiger partial charge in [-0.2, -0.15) is 0 Å². The van der Waals surface area contributed by atoms with E-state index in [1.807, 2.05) is 43.3 Å². The van der Waals surface area contributed by atoms with Gasteiger partial charge in [-0.25, -0.2) is 0 Å². The summed E-state index contributed by atoms with van der Waals surface area (Å²) < 4.78 is 15.9. The fourth-order valence-electron chi connectivity index (χ4n) is 2.37. The Morgan fingerprint density at radius 1 is 0.810 bits per heavy atom. The van der Waals surface area contributed by atoms with Crippen LogP contribution in [0, 0.1) is 6.92 Å². The monoisotopic (exact) mass is 287 g/mol. The van der Waals surface area contributed by atoms with Crippen molar-refractivity contribution < 1.29 is 14.2 Å². The molecule has 1 unspecified atom stereocenters. The first-order valence-electron chi connectivity index (χ1n) is 6.72. The minimum absolute atomic E-state index is 0.267. The van der Waals surface area contributed by atoms with Crippen LogP contribution in [-0.2, 0) is 0 Å². The zero-order valence-corrected chi connectivity index (χ0v) is 12.8. The lowest BCUT2D eigenvalue weighted by Gasteiger charge is -2.19. The summed E-state index contributed by atoms with van der Waals surface area (Å²) in [5.41, 5.74) is 9.46. The normalized spacial score (nSPS) is 11.9. The average Bonchev–Trinajstić information content (AvgIpc) is 2.53. The van der Waals surface area contributed by atoms with E-state index in [4.69, 9.17) is 19.9 Å². The molecule has 4 nitrogen and oxygen atoms in total. The average molecular weight is 287 g/mol. The number of nitrogens with two attached hydrogens (primary N) is 1. The summed E-state index contributed by atoms with van der Waals surface area (Å²) in [6, 6.07) is 11.3. The van der Waals surface area contributed by atoms with Crippen molar-refractivity contribution in [2.24, 2.45) is 5.73 Å². The van der Waals surface area contributed by atoms with E-state index in [0.717, 1.165) is 33.9 Å². The Labute approximate surface area is 125 Å². The second kappa shape index (κ2) is 6.50. The van der Waals surface area contributed by atoms with Crippen LogP contribution in [-0.4, -0.2) is 21.3 Å². The number of ether oxygens (including phenoxy) is 3. The summed E-state index contributed by atoms with van der Waals surface area (Å²) >= 11 is 0. The summed E-state index contributed by atoms with van der Waals surface area (Å²) in [6.07, 6.45) is 0. The number of hydrogen-bond acceptors (Lipinski definition) is 4. The van der Waals surface area contributed by atoms with Crippen molar-refractivity contribution in [3.8, 4) is 17.2 Å². The summed E-state index contributed by atoms with van der Waals surface area (Å²) in [5, 5.41) is 0. The molecule has 1 atom stereocenters. The van der Waals surface area contributed by atoms with E-state index in [9.17, 15) is 0 Å². The second-order valence-corrected chi connectivity index (χ2v) is 4.81. The maximum absolute atomic E-state index is 6.41. The molecule has 0 fully saturated rings. The van der Waals surface area contributed by atoms with Crippen LogP contribution in [0.4, 0.5) is 0 Å². The SMILES string of the molecule is COc1ccc(C(N)c2ccc(OC)cc2OC)c(C)c1. The highest BCUT2D eigenvalue weighted by atomic mass is 16.5. The van der Waals surface area contributed by atoms with Crippen LogP contribution >= 0.6 is 0 Å². The lowest BCUT2D eigenvalue weighted by molar-refractivity contribution is 0.390. The molecule has 2 aromatic carbocycles. The fraction of sp³-hybridized carbons (Fsp3) is 0.294. The zero-order chi connectivity index (χ0) is 15.4. The van der Waals surface area contributed by atoms with E-state index in [1.54, 1.807) is 21.3 Å². The van der Waals surface area contributed by atoms with Crippen molar-refractivity contribution in [2.75, 3.05) is 21.3 Å². The van der Waals surface area contributed by atoms with E-state index < -0.39 is 0 Å². The first-order valence-corrected chi connectivity index (χ1v) is 6.72. The van der Waals surface area contributed by atoms with Crippen LogP contribution in [0.15, 0.2) is 36.4 Å². The van der Waals surface area contributed by atoms with Gasteiger partial charge in [0.05, 0.1) is 27.4 Å². The molecule has 112 valence electrons. The van der Waals surface area contributed by atoms with E-state index >= 15 is 0 Å². The summed E-state index contributed by atoms with van der Waals surface area (Å²) in [4.78, 5) is 0. The van der Waals surface area contributed by atoms with Crippen molar-refractivity contribution >= 4 is 0 Å². The summed E-state index contributed by atoms with van der Waals surface area (Å²) in [6.45, 7) is 2.02. The largest absolute Gasteiger partial charge is 0.497 e. The molecule has 0 spiro atoms. The molecule has 0 amide bonds. The predicted molar refractivity (Wildman–Crippen MR) is 83.3 cm³/mol. The number of rotatable bonds is 5. The van der Waals surface area contributed by atoms with Crippen LogP contribution < -0.4 is 19.9 Å². The molecule has 0 saturated heterocycles. The molecule has 0 radical (unpaired) electrons. The van der Waals surface area contributed by atoms with Crippen LogP contribution in [0.1, 0.15) is 22.7 Å². The topological polar surface area (TPSA) is 53.7 Å². The lowest BCUT2D eigenvalue weighted by Crippen LogP contribution is -2.14. The Morgan fingerprint density at radius 3 is 1.90 bits per heavy atom. The van der Waals surface area contributed by atoms with Gasteiger partial charge >= 0.3 is 0 Å². The number of aryl methyl sites for hydroxylation is 1. The van der Waals surface area contributed by atoms with Gasteiger partial charge in [-0.3, -0.25) is 0 Å². The molecule has 0 aliphatic carbocycles. The molecule has 4 heteroatoms. The predicted octanol–water partition coefficient (Wildman–Crippen LogP) is 3.07. The Balaban J connectivity index is 2.42. The molecule has 0 saturated carbocycles. The number of methoxy groups -OCH3 is 3. The Morgan fingerprint density at radius 2 is 1.38 bits per heavy atom. The fourth-order valence-corrected chi connectivity index (χ4v) is 2.37. The van der Waals surface area contributed by atoms with Gasteiger partial charge in [0, 0.05) is 11.6 Å². The Hall–Kier alpha value is -2.20. The molecule has 0 aliphatic rings. The van der Waals surface area contributed by atoms with E-state index in [1.165, 1.54) is 0 Å². The van der Waals surface area contributed by atoms with E-state index in [2.05, 4.69) is 0 Å². The van der Waals surface area contributed by atoms with Crippen LogP contribution in [0.3, 0.4) is 0 Å². The van der Waals surface area contributed by atoms with Gasteiger partial charge in [-0.05, 0) is 42.3 Å². The number of benzene rings is 2. The first-order chi connectivity index (χ1) is 10.1. The van der Waals surface area contributed by atoms with Gasteiger partial charge in [-0.1, -0.05) is 6.07 Å². The number of hydrogen-bond donors (Lipinski definition) is 1. The molecule has 0 bridgehead atoms. The maximum Gasteiger partial charge on any atom is 0.127 e. The first kappa shape index (κ1) is 15.2. The summed E-state index contributed by atoms with van der Waals surface area (Å²) in [7, 11) is 4.91. The zero-order valence-electron chi connectivity index (χ0n) is 12.8. The van der Waals surface area contributed by atoms with Gasteiger partial charge in [-0.15, -0.1) is 0 Å². The van der Waals surface area contributed by atoms with Crippen molar-refractivity contribution in [1.29, 1.82) is 0 Å². The van der Waals surface area contributed by atoms with Crippen molar-refractivity contribution in [2.45, 2.75) is 13.0 Å². The van der Waals surface area contributed by atoms with Crippen molar-refractivity contribution in [3.63, 3.8) is 0 Å². The third kappa shape index (κ3) is 3.11. The quantitative estimate of drug-likeness (QED) is 0.918. The minimum atomic E-state index is -0.267. The summed E-state index contributed by atoms with van der Waals surface area (Å²) in [5.74, 6) is 2.29. The molecule has 0 aromatic heterocycles. The van der Waals surface area contributed by atoms with Crippen LogP contribution in [0.25, 0.3) is 0 Å². The molecule has 0 aliphatic heterocycles. The Bertz CT molecular complexity index is 625. The molecule has 0 heterocycles.